The van der Waals surface area contributed by atoms with Crippen LogP contribution in [-0.2, 0) is 5.60 Å². The summed E-state index contributed by atoms with van der Waals surface area (Å²) in [5.41, 5.74) is 14.1. The van der Waals surface area contributed by atoms with Gasteiger partial charge in [-0.05, 0) is 43.0 Å². The van der Waals surface area contributed by atoms with Gasteiger partial charge in [0.05, 0.1) is 11.4 Å². The van der Waals surface area contributed by atoms with Crippen LogP contribution in [0.1, 0.15) is 31.7 Å². The minimum atomic E-state index is -1.36. The Bertz CT molecular complexity index is 546. The SMILES string of the molecule is CC1CCC/C(=C\N)C1(O)c1cc(F)cc(NN)c1N. The number of hydrogen-bond acceptors (Lipinski definition) is 5. The molecule has 0 radical (unpaired) electrons. The normalized spacial score (nSPS) is 28.6. The van der Waals surface area contributed by atoms with Crippen LogP contribution < -0.4 is 22.7 Å². The Kier molecular flexibility index (Phi) is 3.87. The third-order valence-electron chi connectivity index (χ3n) is 4.20. The lowest BCUT2D eigenvalue weighted by molar-refractivity contribution is -0.000235. The van der Waals surface area contributed by atoms with E-state index in [1.165, 1.54) is 18.3 Å². The molecule has 1 fully saturated rings. The Hall–Kier alpha value is -1.79. The van der Waals surface area contributed by atoms with Crippen molar-refractivity contribution in [3.05, 3.63) is 35.3 Å². The zero-order valence-electron chi connectivity index (χ0n) is 11.5. The van der Waals surface area contributed by atoms with Crippen LogP contribution in [0.4, 0.5) is 15.8 Å². The summed E-state index contributed by atoms with van der Waals surface area (Å²) in [6.07, 6.45) is 3.81. The molecule has 2 atom stereocenters. The van der Waals surface area contributed by atoms with Crippen molar-refractivity contribution in [3.63, 3.8) is 0 Å². The van der Waals surface area contributed by atoms with Crippen molar-refractivity contribution in [1.82, 2.24) is 0 Å². The van der Waals surface area contributed by atoms with Crippen LogP contribution in [0.3, 0.4) is 0 Å². The molecule has 110 valence electrons. The van der Waals surface area contributed by atoms with Gasteiger partial charge in [0.1, 0.15) is 11.4 Å². The highest BCUT2D eigenvalue weighted by Gasteiger charge is 2.43. The van der Waals surface area contributed by atoms with Gasteiger partial charge in [0, 0.05) is 11.6 Å². The van der Waals surface area contributed by atoms with Crippen LogP contribution in [0, 0.1) is 11.7 Å². The van der Waals surface area contributed by atoms with E-state index in [4.69, 9.17) is 17.3 Å². The van der Waals surface area contributed by atoms with Gasteiger partial charge < -0.3 is 22.0 Å². The fraction of sp³-hybridized carbons (Fsp3) is 0.429. The maximum Gasteiger partial charge on any atom is 0.125 e. The molecule has 5 nitrogen and oxygen atoms in total. The first-order valence-electron chi connectivity index (χ1n) is 6.64. The van der Waals surface area contributed by atoms with E-state index in [9.17, 15) is 9.50 Å². The molecule has 0 amide bonds. The van der Waals surface area contributed by atoms with Gasteiger partial charge in [-0.25, -0.2) is 4.39 Å². The highest BCUT2D eigenvalue weighted by atomic mass is 19.1. The van der Waals surface area contributed by atoms with E-state index in [1.807, 2.05) is 6.92 Å². The first-order chi connectivity index (χ1) is 9.44. The average molecular weight is 280 g/mol. The molecule has 2 unspecified atom stereocenters. The van der Waals surface area contributed by atoms with Crippen molar-refractivity contribution in [2.45, 2.75) is 31.8 Å². The molecular formula is C14H21FN4O. The van der Waals surface area contributed by atoms with Gasteiger partial charge in [0.25, 0.3) is 0 Å². The van der Waals surface area contributed by atoms with E-state index in [0.29, 0.717) is 17.6 Å². The number of nitrogens with two attached hydrogens (primary N) is 3. The molecule has 1 aromatic carbocycles. The van der Waals surface area contributed by atoms with Gasteiger partial charge in [0.2, 0.25) is 0 Å². The molecule has 6 heteroatoms. The van der Waals surface area contributed by atoms with Gasteiger partial charge in [0.15, 0.2) is 0 Å². The fourth-order valence-electron chi connectivity index (χ4n) is 3.02. The summed E-state index contributed by atoms with van der Waals surface area (Å²) in [5, 5.41) is 11.1. The molecular weight excluding hydrogens is 259 g/mol. The number of hydrazine groups is 1. The number of nitrogens with one attached hydrogen (secondary N) is 1. The molecule has 0 bridgehead atoms. The first kappa shape index (κ1) is 14.6. The summed E-state index contributed by atoms with van der Waals surface area (Å²) < 4.78 is 13.8. The average Bonchev–Trinajstić information content (AvgIpc) is 2.43. The Morgan fingerprint density at radius 1 is 1.50 bits per heavy atom. The summed E-state index contributed by atoms with van der Waals surface area (Å²) in [7, 11) is 0. The van der Waals surface area contributed by atoms with E-state index in [1.54, 1.807) is 0 Å². The summed E-state index contributed by atoms with van der Waals surface area (Å²) >= 11 is 0. The number of aliphatic hydroxyl groups is 1. The lowest BCUT2D eigenvalue weighted by atomic mass is 9.69. The third-order valence-corrected chi connectivity index (χ3v) is 4.20. The fourth-order valence-corrected chi connectivity index (χ4v) is 3.02. The molecule has 8 N–H and O–H groups in total. The Morgan fingerprint density at radius 2 is 2.20 bits per heavy atom. The van der Waals surface area contributed by atoms with E-state index in [0.717, 1.165) is 12.8 Å². The topological polar surface area (TPSA) is 110 Å². The number of rotatable bonds is 2. The zero-order chi connectivity index (χ0) is 14.9. The Labute approximate surface area is 117 Å². The predicted molar refractivity (Wildman–Crippen MR) is 77.8 cm³/mol. The second-order valence-corrected chi connectivity index (χ2v) is 5.31. The number of halogens is 1. The van der Waals surface area contributed by atoms with Crippen molar-refractivity contribution in [3.8, 4) is 0 Å². The van der Waals surface area contributed by atoms with Gasteiger partial charge >= 0.3 is 0 Å². The highest BCUT2D eigenvalue weighted by molar-refractivity contribution is 5.72. The Morgan fingerprint density at radius 3 is 2.80 bits per heavy atom. The minimum absolute atomic E-state index is 0.110. The molecule has 0 aromatic heterocycles. The first-order valence-corrected chi connectivity index (χ1v) is 6.64. The molecule has 0 aliphatic heterocycles. The second kappa shape index (κ2) is 5.30. The van der Waals surface area contributed by atoms with Crippen molar-refractivity contribution in [2.24, 2.45) is 17.5 Å². The quantitative estimate of drug-likeness (QED) is 0.321. The van der Waals surface area contributed by atoms with Crippen LogP contribution in [0.25, 0.3) is 0 Å². The summed E-state index contributed by atoms with van der Waals surface area (Å²) in [6, 6.07) is 2.45. The second-order valence-electron chi connectivity index (χ2n) is 5.31. The standard InChI is InChI=1S/C14H21FN4O/c1-8-3-2-4-9(7-16)14(8,20)11-5-10(15)6-12(19-18)13(11)17/h5-8,19-20H,2-4,16-18H2,1H3/b9-7+. The van der Waals surface area contributed by atoms with Gasteiger partial charge in [-0.2, -0.15) is 0 Å². The number of anilines is 2. The lowest BCUT2D eigenvalue weighted by Crippen LogP contribution is -2.40. The van der Waals surface area contributed by atoms with Crippen molar-refractivity contribution < 1.29 is 9.50 Å². The third kappa shape index (κ3) is 2.10. The van der Waals surface area contributed by atoms with Crippen molar-refractivity contribution >= 4 is 11.4 Å². The molecule has 0 saturated heterocycles. The van der Waals surface area contributed by atoms with E-state index in [2.05, 4.69) is 5.43 Å². The molecule has 0 heterocycles. The zero-order valence-corrected chi connectivity index (χ0v) is 11.5. The number of benzene rings is 1. The van der Waals surface area contributed by atoms with Crippen LogP contribution in [0.5, 0.6) is 0 Å². The largest absolute Gasteiger partial charge is 0.405 e. The van der Waals surface area contributed by atoms with Gasteiger partial charge in [-0.1, -0.05) is 6.92 Å². The predicted octanol–water partition coefficient (Wildman–Crippen LogP) is 1.54. The van der Waals surface area contributed by atoms with Gasteiger partial charge in [-0.15, -0.1) is 0 Å². The van der Waals surface area contributed by atoms with Crippen LogP contribution in [-0.4, -0.2) is 5.11 Å². The van der Waals surface area contributed by atoms with Crippen molar-refractivity contribution in [2.75, 3.05) is 11.2 Å². The molecule has 20 heavy (non-hydrogen) atoms. The minimum Gasteiger partial charge on any atom is -0.405 e. The monoisotopic (exact) mass is 280 g/mol. The molecule has 2 rings (SSSR count). The van der Waals surface area contributed by atoms with E-state index < -0.39 is 11.4 Å². The smallest absolute Gasteiger partial charge is 0.125 e. The van der Waals surface area contributed by atoms with Crippen LogP contribution in [0.15, 0.2) is 23.9 Å². The summed E-state index contributed by atoms with van der Waals surface area (Å²) in [5.74, 6) is 4.73. The van der Waals surface area contributed by atoms with Gasteiger partial charge in [-0.3, -0.25) is 5.84 Å². The van der Waals surface area contributed by atoms with E-state index >= 15 is 0 Å². The Balaban J connectivity index is 2.66. The number of nitrogen functional groups attached to an aromatic ring is 2. The highest BCUT2D eigenvalue weighted by Crippen LogP contribution is 2.48. The number of hydrogen-bond donors (Lipinski definition) is 5. The maximum atomic E-state index is 13.8. The molecule has 1 saturated carbocycles. The van der Waals surface area contributed by atoms with Crippen LogP contribution >= 0.6 is 0 Å². The molecule has 1 aromatic rings. The molecule has 1 aliphatic carbocycles. The van der Waals surface area contributed by atoms with E-state index in [-0.39, 0.29) is 17.3 Å². The maximum absolute atomic E-state index is 13.8. The summed E-state index contributed by atoms with van der Waals surface area (Å²) in [4.78, 5) is 0. The molecule has 1 aliphatic rings. The summed E-state index contributed by atoms with van der Waals surface area (Å²) in [6.45, 7) is 1.91. The van der Waals surface area contributed by atoms with Crippen LogP contribution in [0.2, 0.25) is 0 Å². The lowest BCUT2D eigenvalue weighted by Gasteiger charge is -2.41. The molecule has 0 spiro atoms. The van der Waals surface area contributed by atoms with Crippen molar-refractivity contribution in [1.29, 1.82) is 0 Å².